The van der Waals surface area contributed by atoms with E-state index in [2.05, 4.69) is 0 Å². The molecule has 1 fully saturated rings. The van der Waals surface area contributed by atoms with Crippen LogP contribution in [0.25, 0.3) is 0 Å². The Balaban J connectivity index is 1.93. The minimum atomic E-state index is 0.00325. The highest BCUT2D eigenvalue weighted by molar-refractivity contribution is 6.11. The molecule has 1 saturated heterocycles. The van der Waals surface area contributed by atoms with Crippen LogP contribution in [0.5, 0.6) is 5.75 Å². The number of carbonyl (C=O) groups is 1. The van der Waals surface area contributed by atoms with E-state index in [-0.39, 0.29) is 11.9 Å². The van der Waals surface area contributed by atoms with Crippen molar-refractivity contribution in [3.8, 4) is 5.75 Å². The number of ketones is 1. The Morgan fingerprint density at radius 3 is 2.71 bits per heavy atom. The first-order chi connectivity index (χ1) is 10.1. The summed E-state index contributed by atoms with van der Waals surface area (Å²) in [5, 5.41) is 0. The largest absolute Gasteiger partial charge is 0.490 e. The van der Waals surface area contributed by atoms with Gasteiger partial charge in [0.05, 0.1) is 12.2 Å². The summed E-state index contributed by atoms with van der Waals surface area (Å²) in [6.07, 6.45) is 0.174. The van der Waals surface area contributed by atoms with Crippen LogP contribution in [0.1, 0.15) is 27.0 Å². The lowest BCUT2D eigenvalue weighted by molar-refractivity contribution is 0.103. The van der Waals surface area contributed by atoms with Crippen molar-refractivity contribution in [2.45, 2.75) is 20.0 Å². The maximum Gasteiger partial charge on any atom is 0.197 e. The van der Waals surface area contributed by atoms with Crippen LogP contribution < -0.4 is 4.74 Å². The van der Waals surface area contributed by atoms with Crippen molar-refractivity contribution in [1.82, 2.24) is 0 Å². The zero-order valence-corrected chi connectivity index (χ0v) is 12.3. The van der Waals surface area contributed by atoms with E-state index in [9.17, 15) is 4.79 Å². The van der Waals surface area contributed by atoms with Crippen LogP contribution in [0.15, 0.2) is 42.5 Å². The molecule has 21 heavy (non-hydrogen) atoms. The summed E-state index contributed by atoms with van der Waals surface area (Å²) in [6, 6.07) is 13.3. The molecule has 0 radical (unpaired) electrons. The molecule has 1 atom stereocenters. The van der Waals surface area contributed by atoms with Gasteiger partial charge in [-0.05, 0) is 31.5 Å². The number of rotatable bonds is 5. The van der Waals surface area contributed by atoms with E-state index in [1.54, 1.807) is 0 Å². The fraction of sp³-hybridized carbons (Fsp3) is 0.278. The highest BCUT2D eigenvalue weighted by Gasteiger charge is 2.25. The van der Waals surface area contributed by atoms with Crippen LogP contribution in [0.4, 0.5) is 0 Å². The van der Waals surface area contributed by atoms with Crippen LogP contribution in [0, 0.1) is 13.8 Å². The fourth-order valence-corrected chi connectivity index (χ4v) is 2.33. The van der Waals surface area contributed by atoms with Gasteiger partial charge in [0.25, 0.3) is 0 Å². The molecule has 1 heterocycles. The summed E-state index contributed by atoms with van der Waals surface area (Å²) < 4.78 is 10.9. The van der Waals surface area contributed by atoms with E-state index in [1.807, 2.05) is 56.3 Å². The molecule has 1 aliphatic rings. The van der Waals surface area contributed by atoms with Gasteiger partial charge in [0.1, 0.15) is 18.5 Å². The quantitative estimate of drug-likeness (QED) is 0.624. The molecule has 0 aromatic heterocycles. The molecule has 2 aromatic rings. The minimum absolute atomic E-state index is 0.00325. The summed E-state index contributed by atoms with van der Waals surface area (Å²) >= 11 is 0. The average Bonchev–Trinajstić information content (AvgIpc) is 3.29. The molecule has 0 spiro atoms. The Bertz CT molecular complexity index is 672. The lowest BCUT2D eigenvalue weighted by Crippen LogP contribution is -2.11. The van der Waals surface area contributed by atoms with Crippen LogP contribution in [-0.4, -0.2) is 25.1 Å². The molecule has 0 aliphatic carbocycles. The third-order valence-electron chi connectivity index (χ3n) is 3.57. The first-order valence-electron chi connectivity index (χ1n) is 7.10. The highest BCUT2D eigenvalue weighted by atomic mass is 16.6. The number of aryl methyl sites for hydroxylation is 2. The molecule has 1 unspecified atom stereocenters. The molecule has 3 heteroatoms. The smallest absolute Gasteiger partial charge is 0.197 e. The summed E-state index contributed by atoms with van der Waals surface area (Å²) in [5.41, 5.74) is 3.33. The van der Waals surface area contributed by atoms with Gasteiger partial charge in [0.2, 0.25) is 0 Å². The van der Waals surface area contributed by atoms with Crippen molar-refractivity contribution < 1.29 is 14.3 Å². The second-order valence-corrected chi connectivity index (χ2v) is 5.41. The second kappa shape index (κ2) is 5.70. The number of hydrogen-bond acceptors (Lipinski definition) is 3. The number of hydrogen-bond donors (Lipinski definition) is 0. The predicted molar refractivity (Wildman–Crippen MR) is 81.0 cm³/mol. The third kappa shape index (κ3) is 3.14. The van der Waals surface area contributed by atoms with Crippen LogP contribution >= 0.6 is 0 Å². The molecule has 0 amide bonds. The minimum Gasteiger partial charge on any atom is -0.490 e. The van der Waals surface area contributed by atoms with Gasteiger partial charge in [0.15, 0.2) is 5.78 Å². The van der Waals surface area contributed by atoms with E-state index in [0.717, 1.165) is 17.7 Å². The molecular weight excluding hydrogens is 264 g/mol. The van der Waals surface area contributed by atoms with Gasteiger partial charge in [-0.25, -0.2) is 0 Å². The van der Waals surface area contributed by atoms with E-state index >= 15 is 0 Å². The predicted octanol–water partition coefficient (Wildman–Crippen LogP) is 3.31. The molecule has 0 bridgehead atoms. The average molecular weight is 282 g/mol. The molecule has 3 nitrogen and oxygen atoms in total. The summed E-state index contributed by atoms with van der Waals surface area (Å²) in [7, 11) is 0. The van der Waals surface area contributed by atoms with Gasteiger partial charge in [-0.15, -0.1) is 0 Å². The third-order valence-corrected chi connectivity index (χ3v) is 3.57. The van der Waals surface area contributed by atoms with Crippen molar-refractivity contribution in [3.63, 3.8) is 0 Å². The van der Waals surface area contributed by atoms with Crippen molar-refractivity contribution in [1.29, 1.82) is 0 Å². The lowest BCUT2D eigenvalue weighted by atomic mass is 9.97. The zero-order valence-electron chi connectivity index (χ0n) is 12.3. The number of carbonyl (C=O) groups excluding carboxylic acids is 1. The molecular formula is C18H18O3. The van der Waals surface area contributed by atoms with E-state index in [1.165, 1.54) is 0 Å². The van der Waals surface area contributed by atoms with Gasteiger partial charge >= 0.3 is 0 Å². The Morgan fingerprint density at radius 2 is 2.00 bits per heavy atom. The summed E-state index contributed by atoms with van der Waals surface area (Å²) in [6.45, 7) is 5.16. The van der Waals surface area contributed by atoms with Crippen molar-refractivity contribution in [2.24, 2.45) is 0 Å². The molecule has 1 aliphatic heterocycles. The maximum atomic E-state index is 12.8. The normalized spacial score (nSPS) is 16.6. The van der Waals surface area contributed by atoms with Gasteiger partial charge < -0.3 is 9.47 Å². The zero-order chi connectivity index (χ0) is 14.8. The summed E-state index contributed by atoms with van der Waals surface area (Å²) in [5.74, 6) is 0.639. The van der Waals surface area contributed by atoms with E-state index < -0.39 is 0 Å². The Morgan fingerprint density at radius 1 is 1.24 bits per heavy atom. The highest BCUT2D eigenvalue weighted by Crippen LogP contribution is 2.26. The van der Waals surface area contributed by atoms with E-state index in [4.69, 9.17) is 9.47 Å². The topological polar surface area (TPSA) is 38.8 Å². The number of benzene rings is 2. The van der Waals surface area contributed by atoms with Gasteiger partial charge in [-0.1, -0.05) is 35.9 Å². The van der Waals surface area contributed by atoms with Crippen LogP contribution in [-0.2, 0) is 4.74 Å². The standard InChI is InChI=1S/C18H18O3/c1-12-5-3-7-14(9-12)18(19)17-13(2)6-4-8-16(17)21-11-15-10-20-15/h3-9,15H,10-11H2,1-2H3. The molecule has 0 saturated carbocycles. The lowest BCUT2D eigenvalue weighted by Gasteiger charge is -2.13. The maximum absolute atomic E-state index is 12.8. The molecule has 3 rings (SSSR count). The van der Waals surface area contributed by atoms with Gasteiger partial charge in [-0.2, -0.15) is 0 Å². The number of epoxide rings is 1. The Kier molecular flexibility index (Phi) is 3.76. The first-order valence-corrected chi connectivity index (χ1v) is 7.10. The van der Waals surface area contributed by atoms with Crippen LogP contribution in [0.2, 0.25) is 0 Å². The fourth-order valence-electron chi connectivity index (χ4n) is 2.33. The first kappa shape index (κ1) is 13.8. The number of ether oxygens (including phenoxy) is 2. The SMILES string of the molecule is Cc1cccc(C(=O)c2c(C)cccc2OCC2CO2)c1. The Labute approximate surface area is 124 Å². The molecule has 0 N–H and O–H groups in total. The van der Waals surface area contributed by atoms with Gasteiger partial charge in [0, 0.05) is 5.56 Å². The second-order valence-electron chi connectivity index (χ2n) is 5.41. The summed E-state index contributed by atoms with van der Waals surface area (Å²) in [4.78, 5) is 12.8. The van der Waals surface area contributed by atoms with Crippen molar-refractivity contribution >= 4 is 5.78 Å². The Hall–Kier alpha value is -2.13. The molecule has 108 valence electrons. The van der Waals surface area contributed by atoms with E-state index in [0.29, 0.717) is 23.5 Å². The van der Waals surface area contributed by atoms with Gasteiger partial charge in [-0.3, -0.25) is 4.79 Å². The van der Waals surface area contributed by atoms with Crippen molar-refractivity contribution in [3.05, 3.63) is 64.7 Å². The van der Waals surface area contributed by atoms with Crippen molar-refractivity contribution in [2.75, 3.05) is 13.2 Å². The monoisotopic (exact) mass is 282 g/mol. The van der Waals surface area contributed by atoms with Crippen LogP contribution in [0.3, 0.4) is 0 Å². The molecule has 2 aromatic carbocycles.